The third-order valence-corrected chi connectivity index (χ3v) is 2.80. The van der Waals surface area contributed by atoms with Crippen LogP contribution in [0.3, 0.4) is 0 Å². The van der Waals surface area contributed by atoms with Crippen molar-refractivity contribution in [1.82, 2.24) is 0 Å². The molecule has 0 saturated carbocycles. The molecule has 0 radical (unpaired) electrons. The maximum absolute atomic E-state index is 5.62. The number of rotatable bonds is 7. The van der Waals surface area contributed by atoms with Crippen LogP contribution in [-0.4, -0.2) is 26.2 Å². The largest absolute Gasteiger partial charge is 0.493 e. The maximum atomic E-state index is 5.62. The number of hydrogen-bond acceptors (Lipinski definition) is 3. The molecule has 0 amide bonds. The van der Waals surface area contributed by atoms with Crippen molar-refractivity contribution in [3.63, 3.8) is 0 Å². The first-order valence-electron chi connectivity index (χ1n) is 5.71. The molecule has 0 saturated heterocycles. The summed E-state index contributed by atoms with van der Waals surface area (Å²) >= 11 is 3.36. The molecular weight excluding hydrogens is 296 g/mol. The van der Waals surface area contributed by atoms with Crippen molar-refractivity contribution >= 4 is 15.9 Å². The van der Waals surface area contributed by atoms with Crippen LogP contribution in [0.1, 0.15) is 12.5 Å². The van der Waals surface area contributed by atoms with Gasteiger partial charge in [-0.25, -0.2) is 0 Å². The Kier molecular flexibility index (Phi) is 6.83. The summed E-state index contributed by atoms with van der Waals surface area (Å²) in [6, 6.07) is 5.80. The average molecular weight is 315 g/mol. The van der Waals surface area contributed by atoms with Crippen molar-refractivity contribution in [1.29, 1.82) is 0 Å². The van der Waals surface area contributed by atoms with Crippen molar-refractivity contribution < 1.29 is 14.2 Å². The van der Waals surface area contributed by atoms with E-state index in [9.17, 15) is 0 Å². The van der Waals surface area contributed by atoms with Crippen LogP contribution >= 0.6 is 15.9 Å². The Labute approximate surface area is 117 Å². The van der Waals surface area contributed by atoms with Gasteiger partial charge in [0.1, 0.15) is 0 Å². The molecule has 1 aromatic carbocycles. The molecule has 0 atom stereocenters. The summed E-state index contributed by atoms with van der Waals surface area (Å²) in [7, 11) is 3.26. The number of hydrogen-bond donors (Lipinski definition) is 0. The highest BCUT2D eigenvalue weighted by atomic mass is 79.9. The van der Waals surface area contributed by atoms with Gasteiger partial charge in [0, 0.05) is 5.33 Å². The second kappa shape index (κ2) is 8.16. The van der Waals surface area contributed by atoms with Crippen LogP contribution in [0, 0.1) is 0 Å². The quantitative estimate of drug-likeness (QED) is 0.569. The number of benzene rings is 1. The normalized spacial score (nSPS) is 11.4. The van der Waals surface area contributed by atoms with Crippen molar-refractivity contribution in [3.05, 3.63) is 35.4 Å². The lowest BCUT2D eigenvalue weighted by Crippen LogP contribution is -1.98. The summed E-state index contributed by atoms with van der Waals surface area (Å²) in [5, 5.41) is 0.860. The highest BCUT2D eigenvalue weighted by Gasteiger charge is 2.04. The Balaban J connectivity index is 2.55. The van der Waals surface area contributed by atoms with Crippen LogP contribution in [0.15, 0.2) is 29.8 Å². The molecule has 0 bridgehead atoms. The molecule has 1 rings (SSSR count). The van der Waals surface area contributed by atoms with E-state index >= 15 is 0 Å². The lowest BCUT2D eigenvalue weighted by molar-refractivity contribution is 0.142. The van der Waals surface area contributed by atoms with Crippen LogP contribution in [-0.2, 0) is 11.3 Å². The van der Waals surface area contributed by atoms with E-state index in [1.807, 2.05) is 18.2 Å². The van der Waals surface area contributed by atoms with Crippen LogP contribution in [0.25, 0.3) is 0 Å². The van der Waals surface area contributed by atoms with Crippen molar-refractivity contribution in [2.45, 2.75) is 13.5 Å². The molecule has 0 unspecified atom stereocenters. The van der Waals surface area contributed by atoms with Gasteiger partial charge in [0.25, 0.3) is 0 Å². The fourth-order valence-corrected chi connectivity index (χ4v) is 2.04. The van der Waals surface area contributed by atoms with E-state index in [0.717, 1.165) is 22.4 Å². The predicted molar refractivity (Wildman–Crippen MR) is 76.8 cm³/mol. The summed E-state index contributed by atoms with van der Waals surface area (Å²) in [5.41, 5.74) is 2.28. The molecule has 0 fully saturated rings. The standard InChI is InChI=1S/C14H19BrO3/c1-11(6-7-15)9-18-10-12-4-5-13(16-2)14(8-12)17-3/h4-6,8H,7,9-10H2,1-3H3/b11-6+. The van der Waals surface area contributed by atoms with E-state index in [1.165, 1.54) is 5.57 Å². The minimum Gasteiger partial charge on any atom is -0.493 e. The second-order valence-electron chi connectivity index (χ2n) is 3.89. The van der Waals surface area contributed by atoms with Gasteiger partial charge in [0.2, 0.25) is 0 Å². The number of alkyl halides is 1. The van der Waals surface area contributed by atoms with E-state index in [4.69, 9.17) is 14.2 Å². The summed E-state index contributed by atoms with van der Waals surface area (Å²) in [6.07, 6.45) is 2.09. The van der Waals surface area contributed by atoms with E-state index in [0.29, 0.717) is 13.2 Å². The minimum absolute atomic E-state index is 0.563. The Morgan fingerprint density at radius 2 is 1.94 bits per heavy atom. The van der Waals surface area contributed by atoms with Crippen LogP contribution in [0.2, 0.25) is 0 Å². The Morgan fingerprint density at radius 3 is 2.56 bits per heavy atom. The summed E-state index contributed by atoms with van der Waals surface area (Å²) in [5.74, 6) is 1.46. The SMILES string of the molecule is COc1ccc(COC/C(C)=C/CBr)cc1OC. The van der Waals surface area contributed by atoms with Gasteiger partial charge in [-0.1, -0.05) is 33.6 Å². The molecule has 0 aromatic heterocycles. The van der Waals surface area contributed by atoms with E-state index < -0.39 is 0 Å². The molecule has 3 nitrogen and oxygen atoms in total. The Morgan fingerprint density at radius 1 is 1.22 bits per heavy atom. The van der Waals surface area contributed by atoms with Gasteiger partial charge in [-0.15, -0.1) is 0 Å². The van der Waals surface area contributed by atoms with Gasteiger partial charge in [-0.2, -0.15) is 0 Å². The first-order chi connectivity index (χ1) is 8.71. The molecule has 0 N–H and O–H groups in total. The number of halogens is 1. The first kappa shape index (κ1) is 15.1. The topological polar surface area (TPSA) is 27.7 Å². The third-order valence-electron chi connectivity index (χ3n) is 2.47. The molecule has 1 aromatic rings. The zero-order valence-corrected chi connectivity index (χ0v) is 12.6. The Hall–Kier alpha value is -1.00. The molecule has 0 spiro atoms. The van der Waals surface area contributed by atoms with E-state index in [-0.39, 0.29) is 0 Å². The zero-order chi connectivity index (χ0) is 13.4. The lowest BCUT2D eigenvalue weighted by atomic mass is 10.2. The summed E-state index contributed by atoms with van der Waals surface area (Å²) < 4.78 is 16.1. The third kappa shape index (κ3) is 4.70. The zero-order valence-electron chi connectivity index (χ0n) is 11.0. The van der Waals surface area contributed by atoms with Crippen molar-refractivity contribution in [2.75, 3.05) is 26.2 Å². The molecule has 100 valence electrons. The van der Waals surface area contributed by atoms with Crippen molar-refractivity contribution in [3.8, 4) is 11.5 Å². The molecule has 0 aliphatic heterocycles. The maximum Gasteiger partial charge on any atom is 0.161 e. The smallest absolute Gasteiger partial charge is 0.161 e. The van der Waals surface area contributed by atoms with Crippen LogP contribution in [0.5, 0.6) is 11.5 Å². The van der Waals surface area contributed by atoms with Crippen LogP contribution < -0.4 is 9.47 Å². The highest BCUT2D eigenvalue weighted by molar-refractivity contribution is 9.09. The molecular formula is C14H19BrO3. The molecule has 0 aliphatic carbocycles. The van der Waals surface area contributed by atoms with Crippen LogP contribution in [0.4, 0.5) is 0 Å². The minimum atomic E-state index is 0.563. The monoisotopic (exact) mass is 314 g/mol. The molecule has 4 heteroatoms. The van der Waals surface area contributed by atoms with Crippen molar-refractivity contribution in [2.24, 2.45) is 0 Å². The van der Waals surface area contributed by atoms with Gasteiger partial charge in [0.05, 0.1) is 27.4 Å². The van der Waals surface area contributed by atoms with Gasteiger partial charge in [0.15, 0.2) is 11.5 Å². The highest BCUT2D eigenvalue weighted by Crippen LogP contribution is 2.27. The molecule has 18 heavy (non-hydrogen) atoms. The molecule has 0 heterocycles. The number of ether oxygens (including phenoxy) is 3. The fraction of sp³-hybridized carbons (Fsp3) is 0.429. The second-order valence-corrected chi connectivity index (χ2v) is 4.53. The summed E-state index contributed by atoms with van der Waals surface area (Å²) in [4.78, 5) is 0. The van der Waals surface area contributed by atoms with E-state index in [2.05, 4.69) is 28.9 Å². The van der Waals surface area contributed by atoms with Gasteiger partial charge < -0.3 is 14.2 Å². The van der Waals surface area contributed by atoms with Gasteiger partial charge in [-0.05, 0) is 24.6 Å². The van der Waals surface area contributed by atoms with Gasteiger partial charge >= 0.3 is 0 Å². The average Bonchev–Trinajstić information content (AvgIpc) is 2.38. The lowest BCUT2D eigenvalue weighted by Gasteiger charge is -2.10. The van der Waals surface area contributed by atoms with Gasteiger partial charge in [-0.3, -0.25) is 0 Å². The number of allylic oxidation sites excluding steroid dienone is 1. The first-order valence-corrected chi connectivity index (χ1v) is 6.83. The molecule has 0 aliphatic rings. The Bertz CT molecular complexity index is 402. The summed E-state index contributed by atoms with van der Waals surface area (Å²) in [6.45, 7) is 3.25. The predicted octanol–water partition coefficient (Wildman–Crippen LogP) is 3.56. The number of methoxy groups -OCH3 is 2. The fourth-order valence-electron chi connectivity index (χ4n) is 1.49. The van der Waals surface area contributed by atoms with E-state index in [1.54, 1.807) is 14.2 Å².